The minimum Gasteiger partial charge on any atom is -0.370 e. The van der Waals surface area contributed by atoms with Crippen molar-refractivity contribution in [1.82, 2.24) is 5.32 Å². The zero-order valence-electron chi connectivity index (χ0n) is 8.96. The Morgan fingerprint density at radius 3 is 2.81 bits per heavy atom. The summed E-state index contributed by atoms with van der Waals surface area (Å²) >= 11 is 10.3. The van der Waals surface area contributed by atoms with Gasteiger partial charge < -0.3 is 11.1 Å². The Hall–Kier alpha value is -0.870. The molecule has 0 radical (unpaired) electrons. The number of halogens is 1. The van der Waals surface area contributed by atoms with Crippen LogP contribution in [0.3, 0.4) is 0 Å². The second kappa shape index (κ2) is 6.66. The molecule has 0 aliphatic carbocycles. The molecule has 1 aromatic carbocycles. The Morgan fingerprint density at radius 2 is 2.25 bits per heavy atom. The first-order valence-electron chi connectivity index (χ1n) is 5.09. The molecule has 1 rings (SSSR count). The lowest BCUT2D eigenvalue weighted by Gasteiger charge is -2.07. The van der Waals surface area contributed by atoms with Crippen LogP contribution in [0.15, 0.2) is 18.2 Å². The first kappa shape index (κ1) is 13.2. The van der Waals surface area contributed by atoms with E-state index >= 15 is 0 Å². The molecule has 0 aliphatic rings. The summed E-state index contributed by atoms with van der Waals surface area (Å²) < 4.78 is 0. The topological polar surface area (TPSA) is 61.9 Å². The zero-order valence-corrected chi connectivity index (χ0v) is 10.6. The number of guanidine groups is 1. The number of thiol groups is 1. The van der Waals surface area contributed by atoms with E-state index in [1.165, 1.54) is 0 Å². The maximum atomic E-state index is 7.06. The fraction of sp³-hybridized carbons (Fsp3) is 0.364. The van der Waals surface area contributed by atoms with Crippen molar-refractivity contribution < 1.29 is 0 Å². The smallest absolute Gasteiger partial charge is 0.185 e. The average molecular weight is 258 g/mol. The number of hydrogen-bond donors (Lipinski definition) is 4. The zero-order chi connectivity index (χ0) is 12.0. The van der Waals surface area contributed by atoms with Crippen molar-refractivity contribution in [3.05, 3.63) is 34.3 Å². The SMILES string of the molecule is N=C(N)NCc1ccc(CCCS)c(Cl)c1. The molecule has 0 heterocycles. The Labute approximate surface area is 106 Å². The molecule has 0 aliphatic heterocycles. The quantitative estimate of drug-likeness (QED) is 0.371. The number of aryl methyl sites for hydroxylation is 1. The van der Waals surface area contributed by atoms with E-state index in [2.05, 4.69) is 17.9 Å². The molecule has 5 heteroatoms. The highest BCUT2D eigenvalue weighted by Gasteiger charge is 2.01. The molecule has 0 fully saturated rings. The summed E-state index contributed by atoms with van der Waals surface area (Å²) in [5.41, 5.74) is 7.37. The van der Waals surface area contributed by atoms with Gasteiger partial charge in [0.05, 0.1) is 0 Å². The molecule has 1 aromatic rings. The van der Waals surface area contributed by atoms with Gasteiger partial charge in [-0.05, 0) is 35.8 Å². The van der Waals surface area contributed by atoms with Gasteiger partial charge in [0.1, 0.15) is 0 Å². The Bertz CT molecular complexity index is 368. The molecule has 88 valence electrons. The largest absolute Gasteiger partial charge is 0.370 e. The van der Waals surface area contributed by atoms with Crippen molar-refractivity contribution in [1.29, 1.82) is 5.41 Å². The highest BCUT2D eigenvalue weighted by Crippen LogP contribution is 2.19. The Kier molecular flexibility index (Phi) is 5.49. The van der Waals surface area contributed by atoms with Crippen molar-refractivity contribution in [3.8, 4) is 0 Å². The maximum Gasteiger partial charge on any atom is 0.185 e. The van der Waals surface area contributed by atoms with Crippen LogP contribution in [-0.2, 0) is 13.0 Å². The molecule has 16 heavy (non-hydrogen) atoms. The fourth-order valence-corrected chi connectivity index (χ4v) is 1.83. The Balaban J connectivity index is 2.63. The highest BCUT2D eigenvalue weighted by molar-refractivity contribution is 7.80. The van der Waals surface area contributed by atoms with E-state index in [0.717, 1.165) is 34.7 Å². The third kappa shape index (κ3) is 4.33. The van der Waals surface area contributed by atoms with Crippen molar-refractivity contribution in [2.75, 3.05) is 5.75 Å². The summed E-state index contributed by atoms with van der Waals surface area (Å²) in [6, 6.07) is 5.92. The predicted octanol–water partition coefficient (Wildman–Crippen LogP) is 2.19. The van der Waals surface area contributed by atoms with Crippen LogP contribution in [0.25, 0.3) is 0 Å². The van der Waals surface area contributed by atoms with E-state index < -0.39 is 0 Å². The molecule has 0 aromatic heterocycles. The van der Waals surface area contributed by atoms with Gasteiger partial charge in [-0.1, -0.05) is 23.7 Å². The van der Waals surface area contributed by atoms with Gasteiger partial charge in [0.25, 0.3) is 0 Å². The monoisotopic (exact) mass is 257 g/mol. The van der Waals surface area contributed by atoms with Crippen LogP contribution < -0.4 is 11.1 Å². The fourth-order valence-electron chi connectivity index (χ4n) is 1.37. The number of benzene rings is 1. The molecule has 0 amide bonds. The van der Waals surface area contributed by atoms with E-state index in [-0.39, 0.29) is 5.96 Å². The van der Waals surface area contributed by atoms with Gasteiger partial charge in [-0.15, -0.1) is 0 Å². The third-order valence-corrected chi connectivity index (χ3v) is 2.87. The number of nitrogens with two attached hydrogens (primary N) is 1. The molecule has 3 nitrogen and oxygen atoms in total. The molecule has 0 atom stereocenters. The highest BCUT2D eigenvalue weighted by atomic mass is 35.5. The van der Waals surface area contributed by atoms with Gasteiger partial charge in [-0.2, -0.15) is 12.6 Å². The molecular weight excluding hydrogens is 242 g/mol. The van der Waals surface area contributed by atoms with E-state index in [4.69, 9.17) is 22.7 Å². The van der Waals surface area contributed by atoms with Gasteiger partial charge in [0, 0.05) is 11.6 Å². The first-order chi connectivity index (χ1) is 7.63. The standard InChI is InChI=1S/C11H16ClN3S/c12-10-6-8(7-15-11(13)14)3-4-9(10)2-1-5-16/h3-4,6,16H,1-2,5,7H2,(H4,13,14,15). The summed E-state index contributed by atoms with van der Waals surface area (Å²) in [5.74, 6) is 0.833. The lowest BCUT2D eigenvalue weighted by molar-refractivity contribution is 0.890. The van der Waals surface area contributed by atoms with Crippen molar-refractivity contribution in [2.24, 2.45) is 5.73 Å². The summed E-state index contributed by atoms with van der Waals surface area (Å²) in [4.78, 5) is 0. The second-order valence-electron chi connectivity index (χ2n) is 3.52. The normalized spacial score (nSPS) is 10.1. The average Bonchev–Trinajstić information content (AvgIpc) is 2.25. The van der Waals surface area contributed by atoms with Gasteiger partial charge in [0.2, 0.25) is 0 Å². The molecule has 0 saturated heterocycles. The molecular formula is C11H16ClN3S. The van der Waals surface area contributed by atoms with E-state index in [1.807, 2.05) is 18.2 Å². The number of hydrogen-bond acceptors (Lipinski definition) is 2. The maximum absolute atomic E-state index is 7.06. The lowest BCUT2D eigenvalue weighted by atomic mass is 10.1. The van der Waals surface area contributed by atoms with Crippen LogP contribution in [0.2, 0.25) is 5.02 Å². The molecule has 0 saturated carbocycles. The minimum absolute atomic E-state index is 0.0322. The van der Waals surface area contributed by atoms with E-state index in [0.29, 0.717) is 6.54 Å². The molecule has 0 unspecified atom stereocenters. The van der Waals surface area contributed by atoms with Crippen LogP contribution >= 0.6 is 24.2 Å². The predicted molar refractivity (Wildman–Crippen MR) is 72.4 cm³/mol. The second-order valence-corrected chi connectivity index (χ2v) is 4.37. The molecule has 0 spiro atoms. The minimum atomic E-state index is -0.0322. The van der Waals surface area contributed by atoms with E-state index in [9.17, 15) is 0 Å². The summed E-state index contributed by atoms with van der Waals surface area (Å²) in [6.45, 7) is 0.530. The number of nitrogens with one attached hydrogen (secondary N) is 2. The van der Waals surface area contributed by atoms with Gasteiger partial charge >= 0.3 is 0 Å². The van der Waals surface area contributed by atoms with Crippen molar-refractivity contribution >= 4 is 30.2 Å². The summed E-state index contributed by atoms with van der Waals surface area (Å²) in [7, 11) is 0. The summed E-state index contributed by atoms with van der Waals surface area (Å²) in [5, 5.41) is 10.6. The van der Waals surface area contributed by atoms with Crippen LogP contribution in [-0.4, -0.2) is 11.7 Å². The van der Waals surface area contributed by atoms with Crippen LogP contribution in [0.5, 0.6) is 0 Å². The van der Waals surface area contributed by atoms with Gasteiger partial charge in [-0.3, -0.25) is 5.41 Å². The van der Waals surface area contributed by atoms with Crippen LogP contribution in [0.1, 0.15) is 17.5 Å². The first-order valence-corrected chi connectivity index (χ1v) is 6.10. The van der Waals surface area contributed by atoms with Crippen LogP contribution in [0.4, 0.5) is 0 Å². The third-order valence-electron chi connectivity index (χ3n) is 2.20. The summed E-state index contributed by atoms with van der Waals surface area (Å²) in [6.07, 6.45) is 1.97. The number of rotatable bonds is 5. The van der Waals surface area contributed by atoms with Crippen molar-refractivity contribution in [2.45, 2.75) is 19.4 Å². The van der Waals surface area contributed by atoms with Crippen LogP contribution in [0, 0.1) is 5.41 Å². The lowest BCUT2D eigenvalue weighted by Crippen LogP contribution is -2.29. The van der Waals surface area contributed by atoms with Gasteiger partial charge in [-0.25, -0.2) is 0 Å². The van der Waals surface area contributed by atoms with Gasteiger partial charge in [0.15, 0.2) is 5.96 Å². The van der Waals surface area contributed by atoms with Crippen molar-refractivity contribution in [3.63, 3.8) is 0 Å². The Morgan fingerprint density at radius 1 is 1.50 bits per heavy atom. The van der Waals surface area contributed by atoms with E-state index in [1.54, 1.807) is 0 Å². The molecule has 0 bridgehead atoms. The molecule has 4 N–H and O–H groups in total.